The van der Waals surface area contributed by atoms with Crippen LogP contribution in [-0.2, 0) is 0 Å². The average molecular weight is 420 g/mol. The van der Waals surface area contributed by atoms with E-state index in [9.17, 15) is 18.8 Å². The van der Waals surface area contributed by atoms with Gasteiger partial charge in [-0.1, -0.05) is 17.7 Å². The lowest BCUT2D eigenvalue weighted by molar-refractivity contribution is 0.0531. The molecule has 0 spiro atoms. The molecular weight excluding hydrogens is 399 g/mol. The Kier molecular flexibility index (Phi) is 5.62. The van der Waals surface area contributed by atoms with Crippen molar-refractivity contribution in [1.82, 2.24) is 19.6 Å². The fourth-order valence-corrected chi connectivity index (χ4v) is 3.45. The van der Waals surface area contributed by atoms with E-state index in [1.807, 2.05) is 19.1 Å². The lowest BCUT2D eigenvalue weighted by Crippen LogP contribution is -2.50. The molecule has 0 saturated carbocycles. The van der Waals surface area contributed by atoms with Gasteiger partial charge in [0.25, 0.3) is 17.4 Å². The molecule has 158 valence electrons. The van der Waals surface area contributed by atoms with Crippen LogP contribution < -0.4 is 5.56 Å². The summed E-state index contributed by atoms with van der Waals surface area (Å²) in [5.41, 5.74) is 1.77. The van der Waals surface area contributed by atoms with E-state index in [1.54, 1.807) is 21.9 Å². The lowest BCUT2D eigenvalue weighted by Gasteiger charge is -2.34. The van der Waals surface area contributed by atoms with Crippen LogP contribution in [0, 0.1) is 12.7 Å². The minimum Gasteiger partial charge on any atom is -0.335 e. The molecule has 4 rings (SSSR count). The molecule has 0 N–H and O–H groups in total. The summed E-state index contributed by atoms with van der Waals surface area (Å²) in [4.78, 5) is 41.1. The summed E-state index contributed by atoms with van der Waals surface area (Å²) >= 11 is 0. The third-order valence-electron chi connectivity index (χ3n) is 5.24. The van der Waals surface area contributed by atoms with Gasteiger partial charge in [-0.2, -0.15) is 9.78 Å². The fraction of sp³-hybridized carbons (Fsp3) is 0.217. The molecule has 8 heteroatoms. The van der Waals surface area contributed by atoms with Crippen molar-refractivity contribution in [2.45, 2.75) is 6.92 Å². The first kappa shape index (κ1) is 20.5. The van der Waals surface area contributed by atoms with E-state index in [0.717, 1.165) is 10.2 Å². The molecule has 7 nitrogen and oxygen atoms in total. The number of aromatic nitrogens is 2. The highest BCUT2D eigenvalue weighted by molar-refractivity contribution is 5.95. The third kappa shape index (κ3) is 4.37. The van der Waals surface area contributed by atoms with Crippen molar-refractivity contribution in [1.29, 1.82) is 0 Å². The summed E-state index contributed by atoms with van der Waals surface area (Å²) in [5.74, 6) is -0.810. The quantitative estimate of drug-likeness (QED) is 0.652. The molecule has 0 aliphatic carbocycles. The van der Waals surface area contributed by atoms with Crippen molar-refractivity contribution >= 4 is 11.8 Å². The van der Waals surface area contributed by atoms with Crippen molar-refractivity contribution in [3.05, 3.63) is 93.7 Å². The Morgan fingerprint density at radius 3 is 2.00 bits per heavy atom. The van der Waals surface area contributed by atoms with Crippen molar-refractivity contribution < 1.29 is 14.0 Å². The average Bonchev–Trinajstić information content (AvgIpc) is 2.80. The summed E-state index contributed by atoms with van der Waals surface area (Å²) in [7, 11) is 0. The number of aryl methyl sites for hydroxylation is 1. The molecule has 3 aromatic rings. The molecule has 1 aliphatic rings. The second kappa shape index (κ2) is 8.51. The zero-order valence-corrected chi connectivity index (χ0v) is 17.0. The second-order valence-corrected chi connectivity index (χ2v) is 7.40. The summed E-state index contributed by atoms with van der Waals surface area (Å²) in [6.45, 7) is 3.53. The van der Waals surface area contributed by atoms with Crippen molar-refractivity contribution in [2.24, 2.45) is 0 Å². The number of nitrogens with zero attached hydrogens (tertiary/aromatic N) is 4. The molecule has 31 heavy (non-hydrogen) atoms. The zero-order chi connectivity index (χ0) is 22.0. The predicted octanol–water partition coefficient (Wildman–Crippen LogP) is 2.28. The van der Waals surface area contributed by atoms with Gasteiger partial charge >= 0.3 is 0 Å². The van der Waals surface area contributed by atoms with E-state index < -0.39 is 11.4 Å². The Labute approximate surface area is 178 Å². The molecule has 1 aliphatic heterocycles. The van der Waals surface area contributed by atoms with Crippen LogP contribution in [0.4, 0.5) is 4.39 Å². The molecule has 0 atom stereocenters. The number of piperazine rings is 1. The van der Waals surface area contributed by atoms with Crippen molar-refractivity contribution in [3.63, 3.8) is 0 Å². The number of amides is 2. The Balaban J connectivity index is 1.46. The lowest BCUT2D eigenvalue weighted by atomic mass is 10.1. The van der Waals surface area contributed by atoms with Gasteiger partial charge in [-0.3, -0.25) is 14.4 Å². The van der Waals surface area contributed by atoms with Crippen LogP contribution >= 0.6 is 0 Å². The fourth-order valence-electron chi connectivity index (χ4n) is 3.45. The maximum Gasteiger partial charge on any atom is 0.274 e. The molecule has 0 unspecified atom stereocenters. The van der Waals surface area contributed by atoms with Gasteiger partial charge in [-0.05, 0) is 49.4 Å². The first-order valence-corrected chi connectivity index (χ1v) is 9.94. The first-order valence-electron chi connectivity index (χ1n) is 9.94. The highest BCUT2D eigenvalue weighted by Crippen LogP contribution is 2.12. The first-order chi connectivity index (χ1) is 14.9. The predicted molar refractivity (Wildman–Crippen MR) is 113 cm³/mol. The Bertz CT molecular complexity index is 1160. The van der Waals surface area contributed by atoms with Crippen LogP contribution in [0.1, 0.15) is 26.4 Å². The van der Waals surface area contributed by atoms with Gasteiger partial charge in [0.2, 0.25) is 0 Å². The van der Waals surface area contributed by atoms with Gasteiger partial charge in [0.15, 0.2) is 0 Å². The zero-order valence-electron chi connectivity index (χ0n) is 17.0. The summed E-state index contributed by atoms with van der Waals surface area (Å²) in [5, 5.41) is 4.17. The SMILES string of the molecule is Cc1ccc(C(=O)N2CCN(C(=O)c3ccc(=O)n(-c4ccc(F)cc4)n3)CC2)cc1. The van der Waals surface area contributed by atoms with Gasteiger partial charge in [-0.15, -0.1) is 0 Å². The highest BCUT2D eigenvalue weighted by atomic mass is 19.1. The largest absolute Gasteiger partial charge is 0.335 e. The molecular formula is C23H21FN4O3. The maximum atomic E-state index is 13.2. The molecule has 1 aromatic heterocycles. The van der Waals surface area contributed by atoms with Crippen LogP contribution in [0.2, 0.25) is 0 Å². The monoisotopic (exact) mass is 420 g/mol. The van der Waals surface area contributed by atoms with Crippen molar-refractivity contribution in [2.75, 3.05) is 26.2 Å². The van der Waals surface area contributed by atoms with E-state index >= 15 is 0 Å². The molecule has 0 bridgehead atoms. The standard InChI is InChI=1S/C23H21FN4O3/c1-16-2-4-17(5-3-16)22(30)26-12-14-27(15-13-26)23(31)20-10-11-21(29)28(25-20)19-8-6-18(24)7-9-19/h2-11H,12-15H2,1H3. The van der Waals surface area contributed by atoms with Crippen LogP contribution in [0.3, 0.4) is 0 Å². The van der Waals surface area contributed by atoms with E-state index in [1.165, 1.54) is 36.4 Å². The van der Waals surface area contributed by atoms with Crippen LogP contribution in [0.25, 0.3) is 5.69 Å². The maximum absolute atomic E-state index is 13.2. The molecule has 2 heterocycles. The van der Waals surface area contributed by atoms with E-state index in [0.29, 0.717) is 37.4 Å². The van der Waals surface area contributed by atoms with Gasteiger partial charge < -0.3 is 9.80 Å². The van der Waals surface area contributed by atoms with Crippen LogP contribution in [0.5, 0.6) is 0 Å². The van der Waals surface area contributed by atoms with Crippen molar-refractivity contribution in [3.8, 4) is 5.69 Å². The summed E-state index contributed by atoms with van der Waals surface area (Å²) in [6, 6.07) is 15.3. The molecule has 1 fully saturated rings. The number of rotatable bonds is 3. The normalized spacial score (nSPS) is 13.9. The Morgan fingerprint density at radius 2 is 1.39 bits per heavy atom. The number of halogens is 1. The summed E-state index contributed by atoms with van der Waals surface area (Å²) in [6.07, 6.45) is 0. The van der Waals surface area contributed by atoms with Gasteiger partial charge in [0.1, 0.15) is 11.5 Å². The Hall–Kier alpha value is -3.81. The number of carbonyl (C=O) groups excluding carboxylic acids is 2. The minimum atomic E-state index is -0.429. The number of benzene rings is 2. The summed E-state index contributed by atoms with van der Waals surface area (Å²) < 4.78 is 14.2. The van der Waals surface area contributed by atoms with E-state index in [2.05, 4.69) is 5.10 Å². The molecule has 2 amide bonds. The van der Waals surface area contributed by atoms with Gasteiger partial charge in [-0.25, -0.2) is 4.39 Å². The van der Waals surface area contributed by atoms with Crippen LogP contribution in [-0.4, -0.2) is 57.6 Å². The van der Waals surface area contributed by atoms with E-state index in [4.69, 9.17) is 0 Å². The van der Waals surface area contributed by atoms with Crippen LogP contribution in [0.15, 0.2) is 65.5 Å². The Morgan fingerprint density at radius 1 is 0.806 bits per heavy atom. The van der Waals surface area contributed by atoms with E-state index in [-0.39, 0.29) is 17.5 Å². The minimum absolute atomic E-state index is 0.0601. The topological polar surface area (TPSA) is 75.5 Å². The third-order valence-corrected chi connectivity index (χ3v) is 5.24. The second-order valence-electron chi connectivity index (χ2n) is 7.40. The van der Waals surface area contributed by atoms with Gasteiger partial charge in [0.05, 0.1) is 5.69 Å². The smallest absolute Gasteiger partial charge is 0.274 e. The highest BCUT2D eigenvalue weighted by Gasteiger charge is 2.26. The molecule has 0 radical (unpaired) electrons. The number of hydrogen-bond donors (Lipinski definition) is 0. The number of hydrogen-bond acceptors (Lipinski definition) is 4. The molecule has 1 saturated heterocycles. The van der Waals surface area contributed by atoms with Gasteiger partial charge in [0, 0.05) is 37.8 Å². The molecule has 2 aromatic carbocycles. The number of carbonyl (C=O) groups is 2.